The molecule has 0 bridgehead atoms. The topological polar surface area (TPSA) is 85.0 Å². The van der Waals surface area contributed by atoms with Crippen LogP contribution in [0.5, 0.6) is 11.5 Å². The summed E-state index contributed by atoms with van der Waals surface area (Å²) in [6.07, 6.45) is 1.85. The molecule has 18 heavy (non-hydrogen) atoms. The Balaban J connectivity index is 2.17. The van der Waals surface area contributed by atoms with Gasteiger partial charge in [-0.25, -0.2) is 9.86 Å². The van der Waals surface area contributed by atoms with Crippen LogP contribution in [0, 0.1) is 0 Å². The number of urea groups is 1. The van der Waals surface area contributed by atoms with Gasteiger partial charge < -0.3 is 15.2 Å². The maximum absolute atomic E-state index is 10.7. The van der Waals surface area contributed by atoms with Gasteiger partial charge in [-0.1, -0.05) is 0 Å². The summed E-state index contributed by atoms with van der Waals surface area (Å²) in [4.78, 5) is 10.7. The third-order valence-corrected chi connectivity index (χ3v) is 2.60. The number of methoxy groups -OCH3 is 1. The maximum Gasteiger partial charge on any atom is 0.338 e. The van der Waals surface area contributed by atoms with Crippen LogP contribution in [0.25, 0.3) is 6.08 Å². The summed E-state index contributed by atoms with van der Waals surface area (Å²) in [5.74, 6) is 1.42. The fraction of sp³-hybridized carbons (Fsp3) is 0.250. The number of carbonyl (C=O) groups excluding carboxylic acids is 1. The van der Waals surface area contributed by atoms with E-state index in [-0.39, 0.29) is 6.54 Å². The Morgan fingerprint density at radius 2 is 2.39 bits per heavy atom. The molecule has 0 radical (unpaired) electrons. The maximum atomic E-state index is 10.7. The van der Waals surface area contributed by atoms with Crippen LogP contribution >= 0.6 is 0 Å². The Kier molecular flexibility index (Phi) is 3.38. The zero-order valence-electron chi connectivity index (χ0n) is 9.92. The lowest BCUT2D eigenvalue weighted by atomic mass is 10.1. The molecule has 1 aliphatic rings. The molecule has 1 heterocycles. The summed E-state index contributed by atoms with van der Waals surface area (Å²) in [7, 11) is 1.59. The fourth-order valence-corrected chi connectivity index (χ4v) is 1.68. The monoisotopic (exact) mass is 250 g/mol. The van der Waals surface area contributed by atoms with Crippen LogP contribution in [0.2, 0.25) is 0 Å². The van der Waals surface area contributed by atoms with Crippen molar-refractivity contribution < 1.29 is 19.5 Å². The minimum atomic E-state index is -0.892. The number of hydrogen-bond donors (Lipinski definition) is 2. The van der Waals surface area contributed by atoms with Gasteiger partial charge in [0.2, 0.25) is 0 Å². The molecule has 0 atom stereocenters. The second-order valence-electron chi connectivity index (χ2n) is 3.89. The molecule has 0 fully saturated rings. The first-order chi connectivity index (χ1) is 8.60. The average Bonchev–Trinajstić information content (AvgIpc) is 2.37. The summed E-state index contributed by atoms with van der Waals surface area (Å²) in [5.41, 5.74) is 6.57. The number of fused-ring (bicyclic) bond motifs is 1. The minimum absolute atomic E-state index is 0.0286. The molecule has 0 unspecified atom stereocenters. The SMILES string of the molecule is COc1ccc2c(c1)OCC(CN(O)C(N)=O)=C2. The predicted molar refractivity (Wildman–Crippen MR) is 64.5 cm³/mol. The molecule has 6 nitrogen and oxygen atoms in total. The molecule has 3 N–H and O–H groups in total. The predicted octanol–water partition coefficient (Wildman–Crippen LogP) is 1.24. The molecule has 0 saturated heterocycles. The number of hydroxylamine groups is 2. The van der Waals surface area contributed by atoms with Crippen LogP contribution < -0.4 is 15.2 Å². The van der Waals surface area contributed by atoms with Gasteiger partial charge in [0.15, 0.2) is 0 Å². The first kappa shape index (κ1) is 12.3. The molecular formula is C12H14N2O4. The lowest BCUT2D eigenvalue weighted by Crippen LogP contribution is -2.35. The van der Waals surface area contributed by atoms with E-state index in [1.54, 1.807) is 13.2 Å². The first-order valence-electron chi connectivity index (χ1n) is 5.36. The number of ether oxygens (including phenoxy) is 2. The van der Waals surface area contributed by atoms with Crippen LogP contribution in [0.4, 0.5) is 4.79 Å². The highest BCUT2D eigenvalue weighted by Gasteiger charge is 2.15. The Bertz CT molecular complexity index is 499. The van der Waals surface area contributed by atoms with E-state index in [9.17, 15) is 10.0 Å². The summed E-state index contributed by atoms with van der Waals surface area (Å²) < 4.78 is 10.6. The molecule has 2 amide bonds. The van der Waals surface area contributed by atoms with E-state index in [1.807, 2.05) is 18.2 Å². The van der Waals surface area contributed by atoms with E-state index in [0.29, 0.717) is 23.2 Å². The Labute approximate surface area is 104 Å². The summed E-state index contributed by atoms with van der Waals surface area (Å²) in [6.45, 7) is 0.325. The van der Waals surface area contributed by atoms with Gasteiger partial charge >= 0.3 is 6.03 Å². The minimum Gasteiger partial charge on any atom is -0.497 e. The smallest absolute Gasteiger partial charge is 0.338 e. The van der Waals surface area contributed by atoms with Crippen LogP contribution in [0.1, 0.15) is 5.56 Å². The van der Waals surface area contributed by atoms with E-state index >= 15 is 0 Å². The van der Waals surface area contributed by atoms with E-state index in [4.69, 9.17) is 15.2 Å². The van der Waals surface area contributed by atoms with Gasteiger partial charge in [-0.15, -0.1) is 0 Å². The van der Waals surface area contributed by atoms with Gasteiger partial charge in [0.05, 0.1) is 13.7 Å². The number of nitrogens with zero attached hydrogens (tertiary/aromatic N) is 1. The normalized spacial score (nSPS) is 13.1. The van der Waals surface area contributed by atoms with E-state index in [0.717, 1.165) is 11.1 Å². The van der Waals surface area contributed by atoms with Crippen molar-refractivity contribution in [1.82, 2.24) is 5.06 Å². The molecule has 6 heteroatoms. The number of amides is 2. The van der Waals surface area contributed by atoms with Gasteiger partial charge in [0.1, 0.15) is 18.1 Å². The largest absolute Gasteiger partial charge is 0.497 e. The van der Waals surface area contributed by atoms with Crippen molar-refractivity contribution in [2.75, 3.05) is 20.3 Å². The van der Waals surface area contributed by atoms with E-state index in [1.165, 1.54) is 0 Å². The Morgan fingerprint density at radius 3 is 3.06 bits per heavy atom. The van der Waals surface area contributed by atoms with Crippen molar-refractivity contribution in [2.45, 2.75) is 0 Å². The van der Waals surface area contributed by atoms with Crippen LogP contribution in [0.15, 0.2) is 23.8 Å². The van der Waals surface area contributed by atoms with Crippen molar-refractivity contribution in [3.05, 3.63) is 29.3 Å². The molecule has 1 aromatic rings. The Hall–Kier alpha value is -2.21. The number of nitrogens with two attached hydrogens (primary N) is 1. The molecule has 0 saturated carbocycles. The molecule has 0 aliphatic carbocycles. The lowest BCUT2D eigenvalue weighted by Gasteiger charge is -2.21. The van der Waals surface area contributed by atoms with Crippen molar-refractivity contribution >= 4 is 12.1 Å². The first-order valence-corrected chi connectivity index (χ1v) is 5.36. The molecular weight excluding hydrogens is 236 g/mol. The van der Waals surface area contributed by atoms with E-state index in [2.05, 4.69) is 0 Å². The quantitative estimate of drug-likeness (QED) is 0.624. The Morgan fingerprint density at radius 1 is 1.61 bits per heavy atom. The molecule has 96 valence electrons. The van der Waals surface area contributed by atoms with Crippen molar-refractivity contribution in [3.8, 4) is 11.5 Å². The van der Waals surface area contributed by atoms with E-state index < -0.39 is 6.03 Å². The van der Waals surface area contributed by atoms with Gasteiger partial charge in [-0.3, -0.25) is 5.21 Å². The zero-order valence-corrected chi connectivity index (χ0v) is 9.92. The number of benzene rings is 1. The highest BCUT2D eigenvalue weighted by molar-refractivity contribution is 5.71. The number of primary amides is 1. The van der Waals surface area contributed by atoms with Gasteiger partial charge in [-0.05, 0) is 23.8 Å². The number of rotatable bonds is 3. The third kappa shape index (κ3) is 2.54. The van der Waals surface area contributed by atoms with Crippen molar-refractivity contribution in [3.63, 3.8) is 0 Å². The number of hydrogen-bond acceptors (Lipinski definition) is 4. The van der Waals surface area contributed by atoms with Crippen molar-refractivity contribution in [1.29, 1.82) is 0 Å². The van der Waals surface area contributed by atoms with Gasteiger partial charge in [0, 0.05) is 11.6 Å². The summed E-state index contributed by atoms with van der Waals surface area (Å²) >= 11 is 0. The highest BCUT2D eigenvalue weighted by atomic mass is 16.5. The highest BCUT2D eigenvalue weighted by Crippen LogP contribution is 2.30. The third-order valence-electron chi connectivity index (χ3n) is 2.60. The molecule has 2 rings (SSSR count). The zero-order chi connectivity index (χ0) is 13.1. The van der Waals surface area contributed by atoms with Crippen LogP contribution in [-0.2, 0) is 0 Å². The fourth-order valence-electron chi connectivity index (χ4n) is 1.68. The van der Waals surface area contributed by atoms with Crippen LogP contribution in [0.3, 0.4) is 0 Å². The average molecular weight is 250 g/mol. The van der Waals surface area contributed by atoms with Crippen molar-refractivity contribution in [2.24, 2.45) is 5.73 Å². The number of carbonyl (C=O) groups is 1. The standard InChI is InChI=1S/C12H14N2O4/c1-17-10-3-2-9-4-8(6-14(16)12(13)15)7-18-11(9)5-10/h2-5,16H,6-7H2,1H3,(H2,13,15). The summed E-state index contributed by atoms with van der Waals surface area (Å²) in [6, 6.07) is 4.55. The molecule has 1 aliphatic heterocycles. The van der Waals surface area contributed by atoms with Gasteiger partial charge in [0.25, 0.3) is 0 Å². The van der Waals surface area contributed by atoms with Crippen LogP contribution in [-0.4, -0.2) is 36.6 Å². The molecule has 1 aromatic carbocycles. The molecule has 0 aromatic heterocycles. The lowest BCUT2D eigenvalue weighted by molar-refractivity contribution is -0.0321. The second-order valence-corrected chi connectivity index (χ2v) is 3.89. The molecule has 0 spiro atoms. The van der Waals surface area contributed by atoms with Gasteiger partial charge in [-0.2, -0.15) is 0 Å². The second kappa shape index (κ2) is 4.97. The summed E-state index contributed by atoms with van der Waals surface area (Å²) in [5, 5.41) is 9.70.